The lowest BCUT2D eigenvalue weighted by atomic mass is 9.88. The standard InChI is InChI=1S/C33H35F4N3O2/c1-20-13-29(39-16-22-7-8-22)28(24-5-4-6-25(14-24)31(41)40-33(17-34,18-35)19-36)15-27(20)30(32(42)38-3)21(2)23-9-11-26(37)12-10-23/h4-6,9-15,22,39H,7-8,16-19H2,1-3H3,(H,38,42)(H,40,41)/b30-21-. The van der Waals surface area contributed by atoms with Crippen LogP contribution in [0.3, 0.4) is 0 Å². The van der Waals surface area contributed by atoms with Crippen molar-refractivity contribution in [1.82, 2.24) is 10.6 Å². The first-order valence-electron chi connectivity index (χ1n) is 13.8. The minimum atomic E-state index is -2.23. The molecule has 1 fully saturated rings. The molecule has 1 aliphatic rings. The van der Waals surface area contributed by atoms with Crippen molar-refractivity contribution in [2.45, 2.75) is 32.2 Å². The molecule has 0 bridgehead atoms. The fourth-order valence-electron chi connectivity index (χ4n) is 4.75. The van der Waals surface area contributed by atoms with Crippen LogP contribution in [-0.4, -0.2) is 51.0 Å². The average molecular weight is 582 g/mol. The molecule has 2 amide bonds. The third-order valence-corrected chi connectivity index (χ3v) is 7.60. The molecular weight excluding hydrogens is 546 g/mol. The first-order valence-corrected chi connectivity index (χ1v) is 13.8. The molecule has 3 N–H and O–H groups in total. The van der Waals surface area contributed by atoms with Gasteiger partial charge in [-0.05, 0) is 96.8 Å². The van der Waals surface area contributed by atoms with Gasteiger partial charge in [-0.2, -0.15) is 0 Å². The molecule has 0 atom stereocenters. The number of hydrogen-bond donors (Lipinski definition) is 3. The van der Waals surface area contributed by atoms with Crippen LogP contribution in [0.25, 0.3) is 22.3 Å². The molecule has 42 heavy (non-hydrogen) atoms. The number of halogens is 4. The normalized spacial score (nSPS) is 13.8. The number of benzene rings is 3. The Kier molecular flexibility index (Phi) is 9.70. The van der Waals surface area contributed by atoms with E-state index in [0.29, 0.717) is 39.3 Å². The number of aryl methyl sites for hydroxylation is 1. The molecule has 3 aromatic carbocycles. The molecule has 0 unspecified atom stereocenters. The van der Waals surface area contributed by atoms with Crippen molar-refractivity contribution in [2.24, 2.45) is 5.92 Å². The second-order valence-corrected chi connectivity index (χ2v) is 10.8. The van der Waals surface area contributed by atoms with Gasteiger partial charge >= 0.3 is 0 Å². The molecule has 1 saturated carbocycles. The quantitative estimate of drug-likeness (QED) is 0.127. The molecule has 0 aliphatic heterocycles. The Morgan fingerprint density at radius 1 is 0.929 bits per heavy atom. The van der Waals surface area contributed by atoms with Gasteiger partial charge in [-0.25, -0.2) is 17.6 Å². The van der Waals surface area contributed by atoms with E-state index >= 15 is 0 Å². The number of rotatable bonds is 12. The van der Waals surface area contributed by atoms with Crippen molar-refractivity contribution in [1.29, 1.82) is 0 Å². The van der Waals surface area contributed by atoms with Crippen LogP contribution < -0.4 is 16.0 Å². The maximum atomic E-state index is 13.6. The molecule has 3 aromatic rings. The summed E-state index contributed by atoms with van der Waals surface area (Å²) in [7, 11) is 1.54. The number of allylic oxidation sites excluding steroid dienone is 1. The summed E-state index contributed by atoms with van der Waals surface area (Å²) in [5.41, 5.74) is 3.19. The summed E-state index contributed by atoms with van der Waals surface area (Å²) in [6.45, 7) is 0.299. The fraction of sp³-hybridized carbons (Fsp3) is 0.333. The van der Waals surface area contributed by atoms with Gasteiger partial charge in [0.25, 0.3) is 11.8 Å². The highest BCUT2D eigenvalue weighted by atomic mass is 19.2. The van der Waals surface area contributed by atoms with E-state index in [-0.39, 0.29) is 17.3 Å². The Labute approximate surface area is 243 Å². The van der Waals surface area contributed by atoms with Crippen molar-refractivity contribution in [3.8, 4) is 11.1 Å². The molecule has 0 spiro atoms. The molecular formula is C33H35F4N3O2. The molecule has 9 heteroatoms. The minimum absolute atomic E-state index is 0.104. The maximum Gasteiger partial charge on any atom is 0.251 e. The van der Waals surface area contributed by atoms with Crippen LogP contribution in [0.15, 0.2) is 60.7 Å². The predicted molar refractivity (Wildman–Crippen MR) is 159 cm³/mol. The number of hydrogen-bond acceptors (Lipinski definition) is 3. The molecule has 5 nitrogen and oxygen atoms in total. The largest absolute Gasteiger partial charge is 0.384 e. The number of alkyl halides is 3. The second kappa shape index (κ2) is 13.2. The summed E-state index contributed by atoms with van der Waals surface area (Å²) in [6, 6.07) is 16.2. The van der Waals surface area contributed by atoms with Crippen LogP contribution in [0.5, 0.6) is 0 Å². The molecule has 222 valence electrons. The molecule has 1 aliphatic carbocycles. The van der Waals surface area contributed by atoms with Crippen molar-refractivity contribution in [2.75, 3.05) is 38.9 Å². The van der Waals surface area contributed by atoms with Gasteiger partial charge in [0.15, 0.2) is 0 Å². The van der Waals surface area contributed by atoms with Crippen LogP contribution in [0.2, 0.25) is 0 Å². The molecule has 0 saturated heterocycles. The smallest absolute Gasteiger partial charge is 0.251 e. The highest BCUT2D eigenvalue weighted by Gasteiger charge is 2.33. The summed E-state index contributed by atoms with van der Waals surface area (Å²) in [5, 5.41) is 8.37. The van der Waals surface area contributed by atoms with Crippen molar-refractivity contribution >= 4 is 28.6 Å². The maximum absolute atomic E-state index is 13.6. The van der Waals surface area contributed by atoms with Gasteiger partial charge in [-0.3, -0.25) is 9.59 Å². The zero-order chi connectivity index (χ0) is 30.4. The van der Waals surface area contributed by atoms with Crippen molar-refractivity contribution in [3.63, 3.8) is 0 Å². The van der Waals surface area contributed by atoms with Gasteiger partial charge in [-0.1, -0.05) is 24.3 Å². The number of amides is 2. The van der Waals surface area contributed by atoms with E-state index in [2.05, 4.69) is 16.0 Å². The SMILES string of the molecule is CNC(=O)/C(=C(/C)c1ccc(F)cc1)c1cc(-c2cccc(C(=O)NC(CF)(CF)CF)c2)c(NCC2CC2)cc1C. The van der Waals surface area contributed by atoms with Crippen molar-refractivity contribution < 1.29 is 27.2 Å². The van der Waals surface area contributed by atoms with Gasteiger partial charge in [0.05, 0.1) is 5.57 Å². The van der Waals surface area contributed by atoms with Gasteiger partial charge in [0, 0.05) is 30.4 Å². The average Bonchev–Trinajstić information content (AvgIpc) is 3.84. The number of likely N-dealkylation sites (N-methyl/N-ethyl adjacent to an activating group) is 1. The number of carbonyl (C=O) groups is 2. The van der Waals surface area contributed by atoms with E-state index < -0.39 is 31.5 Å². The lowest BCUT2D eigenvalue weighted by molar-refractivity contribution is -0.115. The molecule has 4 rings (SSSR count). The summed E-state index contributed by atoms with van der Waals surface area (Å²) >= 11 is 0. The summed E-state index contributed by atoms with van der Waals surface area (Å²) in [5.74, 6) is -0.948. The first-order chi connectivity index (χ1) is 20.1. The Hall–Kier alpha value is -4.14. The van der Waals surface area contributed by atoms with Gasteiger partial charge in [0.1, 0.15) is 31.4 Å². The zero-order valence-corrected chi connectivity index (χ0v) is 23.9. The van der Waals surface area contributed by atoms with Crippen LogP contribution in [0.1, 0.15) is 46.8 Å². The van der Waals surface area contributed by atoms with E-state index in [1.165, 1.54) is 25.2 Å². The number of nitrogens with one attached hydrogen (secondary N) is 3. The van der Waals surface area contributed by atoms with E-state index in [1.807, 2.05) is 19.1 Å². The zero-order valence-electron chi connectivity index (χ0n) is 23.9. The summed E-state index contributed by atoms with van der Waals surface area (Å²) in [4.78, 5) is 26.2. The third kappa shape index (κ3) is 6.83. The van der Waals surface area contributed by atoms with E-state index in [1.54, 1.807) is 37.3 Å². The highest BCUT2D eigenvalue weighted by Crippen LogP contribution is 2.38. The summed E-state index contributed by atoms with van der Waals surface area (Å²) < 4.78 is 54.0. The fourth-order valence-corrected chi connectivity index (χ4v) is 4.75. The van der Waals surface area contributed by atoms with Gasteiger partial charge in [-0.15, -0.1) is 0 Å². The highest BCUT2D eigenvalue weighted by molar-refractivity contribution is 6.27. The third-order valence-electron chi connectivity index (χ3n) is 7.60. The van der Waals surface area contributed by atoms with E-state index in [9.17, 15) is 27.2 Å². The van der Waals surface area contributed by atoms with E-state index in [4.69, 9.17) is 0 Å². The number of anilines is 1. The van der Waals surface area contributed by atoms with Crippen LogP contribution >= 0.6 is 0 Å². The lowest BCUT2D eigenvalue weighted by Crippen LogP contribution is -2.54. The van der Waals surface area contributed by atoms with Gasteiger partial charge < -0.3 is 16.0 Å². The number of carbonyl (C=O) groups excluding carboxylic acids is 2. The minimum Gasteiger partial charge on any atom is -0.384 e. The Morgan fingerprint density at radius 3 is 2.19 bits per heavy atom. The van der Waals surface area contributed by atoms with Gasteiger partial charge in [0.2, 0.25) is 0 Å². The van der Waals surface area contributed by atoms with Crippen LogP contribution in [0, 0.1) is 18.7 Å². The molecule has 0 radical (unpaired) electrons. The lowest BCUT2D eigenvalue weighted by Gasteiger charge is -2.25. The second-order valence-electron chi connectivity index (χ2n) is 10.8. The monoisotopic (exact) mass is 581 g/mol. The Morgan fingerprint density at radius 2 is 1.60 bits per heavy atom. The van der Waals surface area contributed by atoms with Crippen LogP contribution in [0.4, 0.5) is 23.2 Å². The first kappa shape index (κ1) is 30.8. The molecule has 0 aromatic heterocycles. The van der Waals surface area contributed by atoms with Crippen molar-refractivity contribution in [3.05, 3.63) is 88.7 Å². The topological polar surface area (TPSA) is 70.2 Å². The Balaban J connectivity index is 1.85. The van der Waals surface area contributed by atoms with Crippen LogP contribution in [-0.2, 0) is 4.79 Å². The molecule has 0 heterocycles. The predicted octanol–water partition coefficient (Wildman–Crippen LogP) is 6.68. The van der Waals surface area contributed by atoms with E-state index in [0.717, 1.165) is 30.6 Å². The summed E-state index contributed by atoms with van der Waals surface area (Å²) in [6.07, 6.45) is 2.27. The Bertz CT molecular complexity index is 1470.